The molecule has 1 aliphatic rings. The van der Waals surface area contributed by atoms with E-state index in [0.29, 0.717) is 12.5 Å². The molecule has 0 saturated carbocycles. The van der Waals surface area contributed by atoms with Gasteiger partial charge in [0.05, 0.1) is 0 Å². The summed E-state index contributed by atoms with van der Waals surface area (Å²) >= 11 is 0. The lowest BCUT2D eigenvalue weighted by Gasteiger charge is -2.30. The minimum atomic E-state index is -5.24. The lowest BCUT2D eigenvalue weighted by molar-refractivity contribution is -0.362. The molecule has 14 heavy (non-hydrogen) atoms. The molecule has 0 aromatic heterocycles. The molecule has 1 aliphatic heterocycles. The van der Waals surface area contributed by atoms with Crippen molar-refractivity contribution in [1.29, 1.82) is 0 Å². The Labute approximate surface area is 74.1 Å². The maximum atomic E-state index is 12.2. The zero-order valence-electron chi connectivity index (χ0n) is 6.45. The molecular weight excluding hydrogens is 218 g/mol. The van der Waals surface area contributed by atoms with Gasteiger partial charge in [-0.25, -0.2) is 0 Å². The van der Waals surface area contributed by atoms with Crippen LogP contribution < -0.4 is 0 Å². The second-order valence-electron chi connectivity index (χ2n) is 2.55. The largest absolute Gasteiger partial charge is 0.468 e. The number of rotatable bonds is 1. The summed E-state index contributed by atoms with van der Waals surface area (Å²) in [5, 5.41) is 0. The van der Waals surface area contributed by atoms with Crippen LogP contribution in [0, 0.1) is 0 Å². The minimum absolute atomic E-state index is 0.430. The second-order valence-corrected chi connectivity index (χ2v) is 2.55. The third kappa shape index (κ3) is 2.05. The number of hydrogen-bond donors (Lipinski definition) is 0. The van der Waals surface area contributed by atoms with Crippen molar-refractivity contribution in [2.75, 3.05) is 0 Å². The molecular formula is C6H4F6O2. The molecule has 1 rings (SSSR count). The van der Waals surface area contributed by atoms with Crippen molar-refractivity contribution in [3.05, 3.63) is 12.5 Å². The molecule has 0 fully saturated rings. The summed E-state index contributed by atoms with van der Waals surface area (Å²) in [7, 11) is 0. The van der Waals surface area contributed by atoms with Crippen molar-refractivity contribution in [3.8, 4) is 0 Å². The second kappa shape index (κ2) is 2.96. The Balaban J connectivity index is 2.85. The molecule has 0 unspecified atom stereocenters. The van der Waals surface area contributed by atoms with Gasteiger partial charge in [-0.15, -0.1) is 0 Å². The lowest BCUT2D eigenvalue weighted by Crippen LogP contribution is -2.49. The first-order valence-electron chi connectivity index (χ1n) is 3.30. The van der Waals surface area contributed by atoms with Crippen LogP contribution >= 0.6 is 0 Å². The molecule has 82 valence electrons. The van der Waals surface area contributed by atoms with E-state index >= 15 is 0 Å². The number of alkyl halides is 6. The summed E-state index contributed by atoms with van der Waals surface area (Å²) in [5.41, 5.74) is 0. The van der Waals surface area contributed by atoms with Gasteiger partial charge in [0.15, 0.2) is 0 Å². The van der Waals surface area contributed by atoms with Crippen LogP contribution in [0.25, 0.3) is 0 Å². The highest BCUT2D eigenvalue weighted by Gasteiger charge is 2.65. The molecule has 0 bridgehead atoms. The fourth-order valence-corrected chi connectivity index (χ4v) is 0.884. The van der Waals surface area contributed by atoms with Crippen molar-refractivity contribution in [2.24, 2.45) is 0 Å². The van der Waals surface area contributed by atoms with Crippen LogP contribution in [0.4, 0.5) is 26.3 Å². The smallest absolute Gasteiger partial charge is 0.449 e. The van der Waals surface area contributed by atoms with Crippen LogP contribution in [0.1, 0.15) is 6.42 Å². The van der Waals surface area contributed by atoms with Gasteiger partial charge in [-0.05, 0) is 0 Å². The van der Waals surface area contributed by atoms with Gasteiger partial charge >= 0.3 is 18.1 Å². The fourth-order valence-electron chi connectivity index (χ4n) is 0.884. The molecule has 0 aliphatic carbocycles. The number of halogens is 6. The van der Waals surface area contributed by atoms with E-state index in [0.717, 1.165) is 0 Å². The number of ether oxygens (including phenoxy) is 2. The Morgan fingerprint density at radius 3 is 1.64 bits per heavy atom. The minimum Gasteiger partial charge on any atom is -0.449 e. The first-order chi connectivity index (χ1) is 6.16. The molecule has 0 radical (unpaired) electrons. The van der Waals surface area contributed by atoms with Crippen LogP contribution in [-0.4, -0.2) is 18.1 Å². The van der Waals surface area contributed by atoms with E-state index in [4.69, 9.17) is 0 Å². The van der Waals surface area contributed by atoms with Gasteiger partial charge in [-0.3, -0.25) is 0 Å². The van der Waals surface area contributed by atoms with Gasteiger partial charge in [-0.2, -0.15) is 26.3 Å². The van der Waals surface area contributed by atoms with Crippen molar-refractivity contribution < 1.29 is 35.8 Å². The van der Waals surface area contributed by atoms with Crippen molar-refractivity contribution in [3.63, 3.8) is 0 Å². The van der Waals surface area contributed by atoms with Gasteiger partial charge in [0.2, 0.25) is 0 Å². The Bertz CT molecular complexity index is 232. The SMILES string of the molecule is FC(F)(F)CC1(C(F)(F)F)OC=CO1. The van der Waals surface area contributed by atoms with Crippen LogP contribution in [0.3, 0.4) is 0 Å². The van der Waals surface area contributed by atoms with Gasteiger partial charge in [-0.1, -0.05) is 0 Å². The molecule has 0 amide bonds. The van der Waals surface area contributed by atoms with Crippen molar-refractivity contribution >= 4 is 0 Å². The summed E-state index contributed by atoms with van der Waals surface area (Å²) in [6.45, 7) is 0. The predicted octanol–water partition coefficient (Wildman–Crippen LogP) is 2.72. The zero-order valence-corrected chi connectivity index (χ0v) is 6.45. The maximum absolute atomic E-state index is 12.2. The molecule has 0 spiro atoms. The third-order valence-corrected chi connectivity index (χ3v) is 1.44. The van der Waals surface area contributed by atoms with Gasteiger partial charge in [0.1, 0.15) is 18.9 Å². The highest BCUT2D eigenvalue weighted by Crippen LogP contribution is 2.44. The molecule has 0 N–H and O–H groups in total. The van der Waals surface area contributed by atoms with Crippen LogP contribution in [-0.2, 0) is 9.47 Å². The lowest BCUT2D eigenvalue weighted by atomic mass is 10.2. The summed E-state index contributed by atoms with van der Waals surface area (Å²) in [5.74, 6) is -3.62. The van der Waals surface area contributed by atoms with Gasteiger partial charge in [0, 0.05) is 0 Å². The van der Waals surface area contributed by atoms with Crippen molar-refractivity contribution in [1.82, 2.24) is 0 Å². The van der Waals surface area contributed by atoms with E-state index < -0.39 is 24.6 Å². The van der Waals surface area contributed by atoms with E-state index in [9.17, 15) is 26.3 Å². The maximum Gasteiger partial charge on any atom is 0.468 e. The Hall–Kier alpha value is -1.08. The van der Waals surface area contributed by atoms with Crippen LogP contribution in [0.5, 0.6) is 0 Å². The molecule has 0 aromatic rings. The zero-order chi connectivity index (χ0) is 11.0. The summed E-state index contributed by atoms with van der Waals surface area (Å²) < 4.78 is 79.5. The highest BCUT2D eigenvalue weighted by molar-refractivity contribution is 4.91. The topological polar surface area (TPSA) is 18.5 Å². The normalized spacial score (nSPS) is 20.4. The first-order valence-corrected chi connectivity index (χ1v) is 3.30. The standard InChI is InChI=1S/C6H4F6O2/c7-5(8,9)3-4(6(10,11)12)13-1-2-14-4/h1-2H,3H2. The summed E-state index contributed by atoms with van der Waals surface area (Å²) in [4.78, 5) is 0. The fraction of sp³-hybridized carbons (Fsp3) is 0.667. The Morgan fingerprint density at radius 2 is 1.36 bits per heavy atom. The number of hydrogen-bond acceptors (Lipinski definition) is 2. The van der Waals surface area contributed by atoms with Crippen molar-refractivity contribution in [2.45, 2.75) is 24.6 Å². The monoisotopic (exact) mass is 222 g/mol. The van der Waals surface area contributed by atoms with E-state index in [2.05, 4.69) is 9.47 Å². The molecule has 1 heterocycles. The molecule has 8 heteroatoms. The molecule has 0 saturated heterocycles. The Kier molecular flexibility index (Phi) is 2.32. The average Bonchev–Trinajstić information content (AvgIpc) is 2.31. The van der Waals surface area contributed by atoms with E-state index in [1.54, 1.807) is 0 Å². The van der Waals surface area contributed by atoms with Crippen LogP contribution in [0.2, 0.25) is 0 Å². The van der Waals surface area contributed by atoms with E-state index in [-0.39, 0.29) is 0 Å². The third-order valence-electron chi connectivity index (χ3n) is 1.44. The summed E-state index contributed by atoms with van der Waals surface area (Å²) in [6, 6.07) is 0. The average molecular weight is 222 g/mol. The Morgan fingerprint density at radius 1 is 0.929 bits per heavy atom. The molecule has 2 nitrogen and oxygen atoms in total. The predicted molar refractivity (Wildman–Crippen MR) is 30.8 cm³/mol. The quantitative estimate of drug-likeness (QED) is 0.635. The van der Waals surface area contributed by atoms with Gasteiger partial charge < -0.3 is 9.47 Å². The van der Waals surface area contributed by atoms with E-state index in [1.807, 2.05) is 0 Å². The first kappa shape index (κ1) is 11.0. The van der Waals surface area contributed by atoms with E-state index in [1.165, 1.54) is 0 Å². The summed E-state index contributed by atoms with van der Waals surface area (Å²) in [6.07, 6.45) is -11.7. The van der Waals surface area contributed by atoms with Gasteiger partial charge in [0.25, 0.3) is 0 Å². The van der Waals surface area contributed by atoms with Crippen LogP contribution in [0.15, 0.2) is 12.5 Å². The molecule has 0 aromatic carbocycles. The molecule has 0 atom stereocenters. The highest BCUT2D eigenvalue weighted by atomic mass is 19.4.